The second-order valence-electron chi connectivity index (χ2n) is 6.91. The third kappa shape index (κ3) is 3.31. The van der Waals surface area contributed by atoms with Crippen LogP contribution in [-0.2, 0) is 11.3 Å². The number of nitrogens with one attached hydrogen (secondary N) is 2. The average Bonchev–Trinajstić information content (AvgIpc) is 3.29. The predicted octanol–water partition coefficient (Wildman–Crippen LogP) is 2.21. The number of hydrogen-bond donors (Lipinski definition) is 2. The molecule has 138 valence electrons. The molecule has 2 aromatic rings. The van der Waals surface area contributed by atoms with Gasteiger partial charge in [0.15, 0.2) is 5.13 Å². The molecular weight excluding hydrogens is 362 g/mol. The fraction of sp³-hybridized carbons (Fsp3) is 0.368. The van der Waals surface area contributed by atoms with E-state index in [0.29, 0.717) is 22.8 Å². The van der Waals surface area contributed by atoms with Crippen molar-refractivity contribution in [3.05, 3.63) is 35.0 Å². The number of thiazole rings is 1. The van der Waals surface area contributed by atoms with Gasteiger partial charge in [-0.2, -0.15) is 5.26 Å². The summed E-state index contributed by atoms with van der Waals surface area (Å²) in [5.41, 5.74) is 2.51. The summed E-state index contributed by atoms with van der Waals surface area (Å²) >= 11 is 1.38. The summed E-state index contributed by atoms with van der Waals surface area (Å²) in [6.07, 6.45) is 3.42. The van der Waals surface area contributed by atoms with E-state index in [2.05, 4.69) is 33.6 Å². The number of amides is 2. The molecule has 1 saturated heterocycles. The smallest absolute Gasteiger partial charge is 0.253 e. The Balaban J connectivity index is 1.55. The van der Waals surface area contributed by atoms with Crippen LogP contribution in [-0.4, -0.2) is 41.8 Å². The van der Waals surface area contributed by atoms with Gasteiger partial charge in [-0.1, -0.05) is 17.4 Å². The van der Waals surface area contributed by atoms with E-state index in [1.807, 2.05) is 6.07 Å². The van der Waals surface area contributed by atoms with Crippen LogP contribution in [0, 0.1) is 17.2 Å². The van der Waals surface area contributed by atoms with Crippen molar-refractivity contribution in [1.82, 2.24) is 15.2 Å². The first-order chi connectivity index (χ1) is 13.1. The van der Waals surface area contributed by atoms with Crippen LogP contribution in [0.15, 0.2) is 18.3 Å². The van der Waals surface area contributed by atoms with Crippen LogP contribution in [0.3, 0.4) is 0 Å². The zero-order valence-electron chi connectivity index (χ0n) is 14.9. The molecule has 2 amide bonds. The third-order valence-electron chi connectivity index (χ3n) is 5.18. The van der Waals surface area contributed by atoms with Crippen molar-refractivity contribution in [2.45, 2.75) is 19.4 Å². The minimum absolute atomic E-state index is 0.0194. The van der Waals surface area contributed by atoms with Gasteiger partial charge in [-0.3, -0.25) is 9.59 Å². The molecule has 8 heteroatoms. The van der Waals surface area contributed by atoms with E-state index in [0.717, 1.165) is 41.9 Å². The lowest BCUT2D eigenvalue weighted by Gasteiger charge is -2.27. The van der Waals surface area contributed by atoms with Crippen molar-refractivity contribution < 1.29 is 9.59 Å². The van der Waals surface area contributed by atoms with Crippen LogP contribution in [0.1, 0.15) is 34.3 Å². The topological polar surface area (TPSA) is 98.1 Å². The molecule has 0 atom stereocenters. The Hall–Kier alpha value is -2.76. The highest BCUT2D eigenvalue weighted by atomic mass is 32.1. The van der Waals surface area contributed by atoms with Gasteiger partial charge in [0.2, 0.25) is 5.91 Å². The molecule has 0 aliphatic carbocycles. The van der Waals surface area contributed by atoms with Crippen LogP contribution < -0.4 is 10.6 Å². The Morgan fingerprint density at radius 2 is 2.19 bits per heavy atom. The number of carbonyl (C=O) groups is 2. The highest BCUT2D eigenvalue weighted by Gasteiger charge is 2.27. The molecule has 3 heterocycles. The molecule has 0 bridgehead atoms. The number of carbonyl (C=O) groups excluding carboxylic acids is 2. The molecule has 0 spiro atoms. The van der Waals surface area contributed by atoms with Gasteiger partial charge >= 0.3 is 0 Å². The first kappa shape index (κ1) is 17.6. The number of fused-ring (bicyclic) bond motifs is 1. The van der Waals surface area contributed by atoms with Gasteiger partial charge in [0.05, 0.1) is 22.1 Å². The normalized spacial score (nSPS) is 17.3. The molecule has 27 heavy (non-hydrogen) atoms. The van der Waals surface area contributed by atoms with Crippen molar-refractivity contribution in [3.63, 3.8) is 0 Å². The summed E-state index contributed by atoms with van der Waals surface area (Å²) in [7, 11) is 2.07. The fourth-order valence-corrected chi connectivity index (χ4v) is 4.48. The molecular formula is C19H19N5O2S. The highest BCUT2D eigenvalue weighted by molar-refractivity contribution is 7.19. The minimum Gasteiger partial charge on any atom is -0.348 e. The summed E-state index contributed by atoms with van der Waals surface area (Å²) in [4.78, 5) is 32.0. The maximum absolute atomic E-state index is 12.5. The van der Waals surface area contributed by atoms with Crippen LogP contribution in [0.4, 0.5) is 5.13 Å². The Labute approximate surface area is 161 Å². The van der Waals surface area contributed by atoms with Gasteiger partial charge in [-0.15, -0.1) is 0 Å². The predicted molar refractivity (Wildman–Crippen MR) is 102 cm³/mol. The summed E-state index contributed by atoms with van der Waals surface area (Å²) in [5.74, 6) is -0.177. The summed E-state index contributed by atoms with van der Waals surface area (Å²) in [6, 6.07) is 5.58. The molecule has 2 N–H and O–H groups in total. The first-order valence-electron chi connectivity index (χ1n) is 8.86. The molecule has 2 aliphatic rings. The molecule has 4 rings (SSSR count). The second kappa shape index (κ2) is 7.10. The summed E-state index contributed by atoms with van der Waals surface area (Å²) in [6.45, 7) is 2.26. The number of piperidine rings is 1. The number of nitrogens with zero attached hydrogens (tertiary/aromatic N) is 3. The van der Waals surface area contributed by atoms with Gasteiger partial charge < -0.3 is 15.5 Å². The molecule has 0 radical (unpaired) electrons. The zero-order valence-corrected chi connectivity index (χ0v) is 15.7. The summed E-state index contributed by atoms with van der Waals surface area (Å²) < 4.78 is 0. The van der Waals surface area contributed by atoms with E-state index >= 15 is 0 Å². The van der Waals surface area contributed by atoms with Crippen molar-refractivity contribution in [2.24, 2.45) is 5.92 Å². The Morgan fingerprint density at radius 3 is 2.93 bits per heavy atom. The number of rotatable bonds is 3. The van der Waals surface area contributed by atoms with Gasteiger partial charge in [0, 0.05) is 18.7 Å². The highest BCUT2D eigenvalue weighted by Crippen LogP contribution is 2.36. The lowest BCUT2D eigenvalue weighted by Crippen LogP contribution is -2.35. The average molecular weight is 381 g/mol. The first-order valence-corrected chi connectivity index (χ1v) is 9.68. The van der Waals surface area contributed by atoms with Gasteiger partial charge in [0.25, 0.3) is 5.91 Å². The molecule has 1 aromatic carbocycles. The van der Waals surface area contributed by atoms with Crippen LogP contribution >= 0.6 is 11.3 Å². The maximum atomic E-state index is 12.5. The van der Waals surface area contributed by atoms with E-state index < -0.39 is 0 Å². The number of anilines is 1. The monoisotopic (exact) mass is 381 g/mol. The van der Waals surface area contributed by atoms with Crippen molar-refractivity contribution in [3.8, 4) is 16.5 Å². The van der Waals surface area contributed by atoms with Gasteiger partial charge in [-0.05, 0) is 50.2 Å². The summed E-state index contributed by atoms with van der Waals surface area (Å²) in [5, 5.41) is 15.5. The number of hydrogen-bond acceptors (Lipinski definition) is 6. The third-order valence-corrected chi connectivity index (χ3v) is 6.12. The van der Waals surface area contributed by atoms with Crippen molar-refractivity contribution in [1.29, 1.82) is 5.26 Å². The van der Waals surface area contributed by atoms with E-state index in [9.17, 15) is 14.9 Å². The fourth-order valence-electron chi connectivity index (χ4n) is 3.61. The van der Waals surface area contributed by atoms with Crippen LogP contribution in [0.2, 0.25) is 0 Å². The minimum atomic E-state index is -0.219. The van der Waals surface area contributed by atoms with Crippen LogP contribution in [0.5, 0.6) is 0 Å². The molecule has 2 aliphatic heterocycles. The van der Waals surface area contributed by atoms with Gasteiger partial charge in [0.1, 0.15) is 0 Å². The standard InChI is InChI=1S/C19H19N5O2S/c1-24-6-4-11(5-7-24)17(25)23-19-22-10-15(27-19)13-3-2-12(8-20)16-14(13)9-21-18(16)26/h2-3,10-11H,4-7,9H2,1H3,(H,21,26)(H,22,23,25). The van der Waals surface area contributed by atoms with E-state index in [1.54, 1.807) is 12.3 Å². The second-order valence-corrected chi connectivity index (χ2v) is 7.94. The molecule has 1 aromatic heterocycles. The SMILES string of the molecule is CN1CCC(C(=O)Nc2ncc(-c3ccc(C#N)c4c3CNC4=O)s2)CC1. The Morgan fingerprint density at radius 1 is 1.41 bits per heavy atom. The van der Waals surface area contributed by atoms with E-state index in [1.165, 1.54) is 11.3 Å². The van der Waals surface area contributed by atoms with Crippen LogP contribution in [0.25, 0.3) is 10.4 Å². The number of benzene rings is 1. The van der Waals surface area contributed by atoms with Crippen molar-refractivity contribution >= 4 is 28.3 Å². The molecule has 0 saturated carbocycles. The zero-order chi connectivity index (χ0) is 19.0. The van der Waals surface area contributed by atoms with Gasteiger partial charge in [-0.25, -0.2) is 4.98 Å². The number of nitriles is 1. The largest absolute Gasteiger partial charge is 0.348 e. The quantitative estimate of drug-likeness (QED) is 0.849. The molecule has 0 unspecified atom stereocenters. The maximum Gasteiger partial charge on any atom is 0.253 e. The lowest BCUT2D eigenvalue weighted by molar-refractivity contribution is -0.121. The Bertz CT molecular complexity index is 953. The Kier molecular flexibility index (Phi) is 4.64. The van der Waals surface area contributed by atoms with E-state index in [-0.39, 0.29) is 17.7 Å². The molecule has 7 nitrogen and oxygen atoms in total. The lowest BCUT2D eigenvalue weighted by atomic mass is 9.96. The van der Waals surface area contributed by atoms with Crippen molar-refractivity contribution in [2.75, 3.05) is 25.5 Å². The van der Waals surface area contributed by atoms with E-state index in [4.69, 9.17) is 0 Å². The number of likely N-dealkylation sites (tertiary alicyclic amines) is 1. The molecule has 1 fully saturated rings. The number of aromatic nitrogens is 1.